The van der Waals surface area contributed by atoms with Crippen LogP contribution in [0.1, 0.15) is 47.0 Å². The third-order valence-electron chi connectivity index (χ3n) is 4.62. The Kier molecular flexibility index (Phi) is 5.27. The van der Waals surface area contributed by atoms with Crippen LogP contribution in [0.5, 0.6) is 0 Å². The van der Waals surface area contributed by atoms with Crippen molar-refractivity contribution in [3.63, 3.8) is 0 Å². The third kappa shape index (κ3) is 4.44. The van der Waals surface area contributed by atoms with E-state index in [1.54, 1.807) is 0 Å². The second kappa shape index (κ2) is 6.55. The predicted molar refractivity (Wildman–Crippen MR) is 80.4 cm³/mol. The molecule has 2 fully saturated rings. The third-order valence-corrected chi connectivity index (χ3v) is 4.62. The van der Waals surface area contributed by atoms with E-state index in [1.165, 1.54) is 25.9 Å². The van der Waals surface area contributed by atoms with Crippen molar-refractivity contribution >= 4 is 0 Å². The second-order valence-corrected chi connectivity index (χ2v) is 7.21. The Morgan fingerprint density at radius 2 is 2.11 bits per heavy atom. The highest BCUT2D eigenvalue weighted by Crippen LogP contribution is 2.41. The van der Waals surface area contributed by atoms with Crippen molar-refractivity contribution in [2.45, 2.75) is 58.5 Å². The minimum absolute atomic E-state index is 0.366. The Hall–Kier alpha value is -0.120. The molecular weight excluding hydrogens is 236 g/mol. The SMILES string of the molecule is CC(C)COCCCN1CC(C)(C2CC2)NCC1C. The zero-order valence-corrected chi connectivity index (χ0v) is 13.2. The summed E-state index contributed by atoms with van der Waals surface area (Å²) in [5.41, 5.74) is 0.366. The number of hydrogen-bond donors (Lipinski definition) is 1. The van der Waals surface area contributed by atoms with Crippen molar-refractivity contribution in [3.8, 4) is 0 Å². The molecule has 1 N–H and O–H groups in total. The summed E-state index contributed by atoms with van der Waals surface area (Å²) >= 11 is 0. The molecular formula is C16H32N2O. The lowest BCUT2D eigenvalue weighted by Gasteiger charge is -2.45. The number of ether oxygens (including phenoxy) is 1. The highest BCUT2D eigenvalue weighted by Gasteiger charge is 2.44. The first-order chi connectivity index (χ1) is 9.01. The molecule has 0 aromatic carbocycles. The van der Waals surface area contributed by atoms with Crippen molar-refractivity contribution in [2.75, 3.05) is 32.8 Å². The molecule has 2 rings (SSSR count). The topological polar surface area (TPSA) is 24.5 Å². The monoisotopic (exact) mass is 268 g/mol. The van der Waals surface area contributed by atoms with Crippen molar-refractivity contribution in [1.82, 2.24) is 10.2 Å². The van der Waals surface area contributed by atoms with Crippen LogP contribution in [-0.2, 0) is 4.74 Å². The standard InChI is InChI=1S/C16H32N2O/c1-13(2)11-19-9-5-8-18-12-16(4,15-6-7-15)17-10-14(18)3/h13-15,17H,5-12H2,1-4H3. The van der Waals surface area contributed by atoms with Crippen molar-refractivity contribution in [1.29, 1.82) is 0 Å². The minimum atomic E-state index is 0.366. The van der Waals surface area contributed by atoms with Gasteiger partial charge in [0.1, 0.15) is 0 Å². The Morgan fingerprint density at radius 1 is 1.37 bits per heavy atom. The van der Waals surface area contributed by atoms with Crippen molar-refractivity contribution < 1.29 is 4.74 Å². The summed E-state index contributed by atoms with van der Waals surface area (Å²) in [5, 5.41) is 3.78. The van der Waals surface area contributed by atoms with Crippen LogP contribution in [-0.4, -0.2) is 49.3 Å². The summed E-state index contributed by atoms with van der Waals surface area (Å²) in [6, 6.07) is 0.664. The molecule has 3 nitrogen and oxygen atoms in total. The summed E-state index contributed by atoms with van der Waals surface area (Å²) in [4.78, 5) is 2.66. The van der Waals surface area contributed by atoms with Gasteiger partial charge in [0, 0.05) is 44.4 Å². The summed E-state index contributed by atoms with van der Waals surface area (Å²) in [7, 11) is 0. The fourth-order valence-electron chi connectivity index (χ4n) is 3.13. The highest BCUT2D eigenvalue weighted by atomic mass is 16.5. The average Bonchev–Trinajstić information content (AvgIpc) is 3.17. The number of hydrogen-bond acceptors (Lipinski definition) is 3. The number of rotatable bonds is 7. The first-order valence-corrected chi connectivity index (χ1v) is 8.08. The van der Waals surface area contributed by atoms with Crippen LogP contribution in [0.4, 0.5) is 0 Å². The van der Waals surface area contributed by atoms with Gasteiger partial charge in [-0.1, -0.05) is 13.8 Å². The van der Waals surface area contributed by atoms with E-state index in [0.29, 0.717) is 17.5 Å². The van der Waals surface area contributed by atoms with Crippen molar-refractivity contribution in [2.24, 2.45) is 11.8 Å². The van der Waals surface area contributed by atoms with Crippen LogP contribution in [0, 0.1) is 11.8 Å². The molecule has 1 saturated carbocycles. The molecule has 0 aromatic rings. The minimum Gasteiger partial charge on any atom is -0.381 e. The molecule has 0 bridgehead atoms. The molecule has 2 aliphatic rings. The van der Waals surface area contributed by atoms with Crippen LogP contribution in [0.3, 0.4) is 0 Å². The molecule has 1 aliphatic heterocycles. The van der Waals surface area contributed by atoms with E-state index in [-0.39, 0.29) is 0 Å². The molecule has 0 amide bonds. The zero-order valence-electron chi connectivity index (χ0n) is 13.2. The second-order valence-electron chi connectivity index (χ2n) is 7.21. The fourth-order valence-corrected chi connectivity index (χ4v) is 3.13. The predicted octanol–water partition coefficient (Wildman–Crippen LogP) is 2.51. The Balaban J connectivity index is 1.69. The molecule has 112 valence electrons. The smallest absolute Gasteiger partial charge is 0.0489 e. The van der Waals surface area contributed by atoms with Gasteiger partial charge in [-0.25, -0.2) is 0 Å². The Bertz CT molecular complexity index is 278. The van der Waals surface area contributed by atoms with E-state index >= 15 is 0 Å². The molecule has 1 heterocycles. The lowest BCUT2D eigenvalue weighted by atomic mass is 9.91. The first kappa shape index (κ1) is 15.3. The fraction of sp³-hybridized carbons (Fsp3) is 1.00. The number of nitrogens with zero attached hydrogens (tertiary/aromatic N) is 1. The van der Waals surface area contributed by atoms with E-state index in [4.69, 9.17) is 4.74 Å². The lowest BCUT2D eigenvalue weighted by Crippen LogP contribution is -2.63. The molecule has 0 aromatic heterocycles. The van der Waals surface area contributed by atoms with Gasteiger partial charge in [-0.15, -0.1) is 0 Å². The maximum Gasteiger partial charge on any atom is 0.0489 e. The molecule has 3 heteroatoms. The summed E-state index contributed by atoms with van der Waals surface area (Å²) in [6.07, 6.45) is 4.00. The van der Waals surface area contributed by atoms with Crippen molar-refractivity contribution in [3.05, 3.63) is 0 Å². The van der Waals surface area contributed by atoms with Gasteiger partial charge < -0.3 is 10.1 Å². The van der Waals surface area contributed by atoms with E-state index in [0.717, 1.165) is 32.1 Å². The normalized spacial score (nSPS) is 33.0. The summed E-state index contributed by atoms with van der Waals surface area (Å²) in [6.45, 7) is 14.5. The maximum atomic E-state index is 5.69. The van der Waals surface area contributed by atoms with Crippen LogP contribution < -0.4 is 5.32 Å². The molecule has 0 radical (unpaired) electrons. The van der Waals surface area contributed by atoms with Gasteiger partial charge in [-0.2, -0.15) is 0 Å². The van der Waals surface area contributed by atoms with Gasteiger partial charge in [0.25, 0.3) is 0 Å². The Morgan fingerprint density at radius 3 is 2.74 bits per heavy atom. The maximum absolute atomic E-state index is 5.69. The highest BCUT2D eigenvalue weighted by molar-refractivity contribution is 5.03. The van der Waals surface area contributed by atoms with E-state index in [2.05, 4.69) is 37.9 Å². The molecule has 0 spiro atoms. The van der Waals surface area contributed by atoms with Crippen LogP contribution in [0.2, 0.25) is 0 Å². The number of piperazine rings is 1. The number of nitrogens with one attached hydrogen (secondary N) is 1. The largest absolute Gasteiger partial charge is 0.381 e. The Labute approximate surface area is 119 Å². The van der Waals surface area contributed by atoms with Crippen LogP contribution >= 0.6 is 0 Å². The first-order valence-electron chi connectivity index (χ1n) is 8.08. The van der Waals surface area contributed by atoms with Crippen LogP contribution in [0.25, 0.3) is 0 Å². The van der Waals surface area contributed by atoms with E-state index < -0.39 is 0 Å². The van der Waals surface area contributed by atoms with Gasteiger partial charge in [-0.3, -0.25) is 4.90 Å². The van der Waals surface area contributed by atoms with Crippen LogP contribution in [0.15, 0.2) is 0 Å². The summed E-state index contributed by atoms with van der Waals surface area (Å²) in [5.74, 6) is 1.57. The molecule has 1 aliphatic carbocycles. The zero-order chi connectivity index (χ0) is 13.9. The average molecular weight is 268 g/mol. The molecule has 1 saturated heterocycles. The molecule has 2 unspecified atom stereocenters. The summed E-state index contributed by atoms with van der Waals surface area (Å²) < 4.78 is 5.69. The quantitative estimate of drug-likeness (QED) is 0.718. The van der Waals surface area contributed by atoms with E-state index in [9.17, 15) is 0 Å². The lowest BCUT2D eigenvalue weighted by molar-refractivity contribution is 0.0610. The van der Waals surface area contributed by atoms with Gasteiger partial charge in [0.05, 0.1) is 0 Å². The van der Waals surface area contributed by atoms with Gasteiger partial charge in [0.2, 0.25) is 0 Å². The van der Waals surface area contributed by atoms with Gasteiger partial charge in [-0.05, 0) is 44.9 Å². The van der Waals surface area contributed by atoms with Gasteiger partial charge in [0.15, 0.2) is 0 Å². The van der Waals surface area contributed by atoms with Gasteiger partial charge >= 0.3 is 0 Å². The molecule has 2 atom stereocenters. The molecule has 19 heavy (non-hydrogen) atoms. The van der Waals surface area contributed by atoms with E-state index in [1.807, 2.05) is 0 Å².